The summed E-state index contributed by atoms with van der Waals surface area (Å²) in [5.41, 5.74) is 1.78. The SMILES string of the molecule is C=C1[C@H]2CC[C@@]13[C@@H](C)C(=O)[C@H](Br)[C@H](C)[C@@]3(C)C2. The Morgan fingerprint density at radius 3 is 2.65 bits per heavy atom. The van der Waals surface area contributed by atoms with E-state index in [2.05, 4.69) is 43.3 Å². The zero-order chi connectivity index (χ0) is 12.6. The molecule has 17 heavy (non-hydrogen) atoms. The second-order valence-electron chi connectivity index (χ2n) is 6.67. The molecule has 0 aromatic carbocycles. The Morgan fingerprint density at radius 1 is 1.41 bits per heavy atom. The van der Waals surface area contributed by atoms with Gasteiger partial charge in [-0.2, -0.15) is 0 Å². The van der Waals surface area contributed by atoms with Crippen LogP contribution < -0.4 is 0 Å². The highest BCUT2D eigenvalue weighted by Gasteiger charge is 2.70. The normalized spacial score (nSPS) is 57.4. The predicted octanol–water partition coefficient (Wildman–Crippen LogP) is 3.97. The number of hydrogen-bond acceptors (Lipinski definition) is 1. The van der Waals surface area contributed by atoms with E-state index in [0.29, 0.717) is 17.6 Å². The lowest BCUT2D eigenvalue weighted by molar-refractivity contribution is -0.140. The van der Waals surface area contributed by atoms with Crippen LogP contribution in [0, 0.1) is 28.6 Å². The van der Waals surface area contributed by atoms with E-state index in [4.69, 9.17) is 0 Å². The van der Waals surface area contributed by atoms with Gasteiger partial charge in [0.05, 0.1) is 4.83 Å². The van der Waals surface area contributed by atoms with Gasteiger partial charge in [0.1, 0.15) is 5.78 Å². The van der Waals surface area contributed by atoms with Crippen molar-refractivity contribution in [1.82, 2.24) is 0 Å². The Morgan fingerprint density at radius 2 is 2.06 bits per heavy atom. The van der Waals surface area contributed by atoms with E-state index in [0.717, 1.165) is 0 Å². The molecule has 3 fully saturated rings. The van der Waals surface area contributed by atoms with Gasteiger partial charge >= 0.3 is 0 Å². The summed E-state index contributed by atoms with van der Waals surface area (Å²) in [6, 6.07) is 0. The average molecular weight is 297 g/mol. The number of fused-ring (bicyclic) bond motifs is 1. The van der Waals surface area contributed by atoms with Crippen LogP contribution in [0.4, 0.5) is 0 Å². The van der Waals surface area contributed by atoms with Crippen LogP contribution in [-0.2, 0) is 4.79 Å². The van der Waals surface area contributed by atoms with Crippen LogP contribution in [0.3, 0.4) is 0 Å². The lowest BCUT2D eigenvalue weighted by Crippen LogP contribution is -2.57. The van der Waals surface area contributed by atoms with Crippen LogP contribution in [0.5, 0.6) is 0 Å². The van der Waals surface area contributed by atoms with Gasteiger partial charge in [-0.1, -0.05) is 48.9 Å². The molecule has 3 saturated carbocycles. The molecule has 3 rings (SSSR count). The molecule has 0 aliphatic heterocycles. The Labute approximate surface area is 112 Å². The molecule has 2 heteroatoms. The van der Waals surface area contributed by atoms with Gasteiger partial charge in [0.15, 0.2) is 0 Å². The summed E-state index contributed by atoms with van der Waals surface area (Å²) in [6.07, 6.45) is 3.68. The number of alkyl halides is 1. The maximum absolute atomic E-state index is 12.5. The minimum absolute atomic E-state index is 0.0419. The van der Waals surface area contributed by atoms with E-state index >= 15 is 0 Å². The first kappa shape index (κ1) is 12.0. The van der Waals surface area contributed by atoms with Crippen LogP contribution >= 0.6 is 15.9 Å². The van der Waals surface area contributed by atoms with Crippen LogP contribution in [0.2, 0.25) is 0 Å². The largest absolute Gasteiger partial charge is 0.298 e. The number of carbonyl (C=O) groups excluding carboxylic acids is 1. The molecule has 0 N–H and O–H groups in total. The molecule has 0 amide bonds. The molecule has 0 aromatic heterocycles. The number of carbonyl (C=O) groups is 1. The third kappa shape index (κ3) is 1.06. The minimum Gasteiger partial charge on any atom is -0.298 e. The van der Waals surface area contributed by atoms with E-state index in [-0.39, 0.29) is 21.6 Å². The summed E-state index contributed by atoms with van der Waals surface area (Å²) in [5.74, 6) is 1.65. The predicted molar refractivity (Wildman–Crippen MR) is 73.1 cm³/mol. The van der Waals surface area contributed by atoms with Crippen molar-refractivity contribution in [2.24, 2.45) is 28.6 Å². The summed E-state index contributed by atoms with van der Waals surface area (Å²) in [5, 5.41) is 0. The van der Waals surface area contributed by atoms with E-state index in [1.54, 1.807) is 0 Å². The lowest BCUT2D eigenvalue weighted by Gasteiger charge is -2.56. The molecular formula is C15H21BrO. The summed E-state index contributed by atoms with van der Waals surface area (Å²) in [6.45, 7) is 11.2. The number of rotatable bonds is 0. The monoisotopic (exact) mass is 296 g/mol. The molecule has 6 atom stereocenters. The average Bonchev–Trinajstić information content (AvgIpc) is 2.74. The highest BCUT2D eigenvalue weighted by molar-refractivity contribution is 9.10. The second kappa shape index (κ2) is 3.26. The zero-order valence-corrected chi connectivity index (χ0v) is 12.5. The van der Waals surface area contributed by atoms with Crippen molar-refractivity contribution in [3.63, 3.8) is 0 Å². The molecule has 0 aromatic rings. The summed E-state index contributed by atoms with van der Waals surface area (Å²) in [4.78, 5) is 12.5. The van der Waals surface area contributed by atoms with Crippen LogP contribution in [0.25, 0.3) is 0 Å². The minimum atomic E-state index is 0.0419. The van der Waals surface area contributed by atoms with Gasteiger partial charge in [-0.25, -0.2) is 0 Å². The van der Waals surface area contributed by atoms with Gasteiger partial charge in [-0.05, 0) is 36.5 Å². The summed E-state index contributed by atoms with van der Waals surface area (Å²) in [7, 11) is 0. The topological polar surface area (TPSA) is 17.1 Å². The van der Waals surface area contributed by atoms with Gasteiger partial charge < -0.3 is 0 Å². The molecule has 3 aliphatic rings. The fourth-order valence-electron chi connectivity index (χ4n) is 5.30. The fraction of sp³-hybridized carbons (Fsp3) is 0.800. The van der Waals surface area contributed by atoms with Gasteiger partial charge in [0.2, 0.25) is 0 Å². The first-order valence-corrected chi connectivity index (χ1v) is 7.65. The molecule has 1 spiro atoms. The molecule has 0 saturated heterocycles. The Hall–Kier alpha value is -0.110. The maximum atomic E-state index is 12.5. The zero-order valence-electron chi connectivity index (χ0n) is 10.9. The third-order valence-corrected chi connectivity index (χ3v) is 7.77. The standard InChI is InChI=1S/C15H21BrO/c1-8-11-5-6-15(8)10(3)13(17)12(16)9(2)14(15,4)7-11/h9-12H,1,5-7H2,2-4H3/t9-,10-,11-,12+,14+,15-/m0/s1. The van der Waals surface area contributed by atoms with Gasteiger partial charge in [0, 0.05) is 11.3 Å². The molecule has 0 radical (unpaired) electrons. The van der Waals surface area contributed by atoms with Gasteiger partial charge in [-0.15, -0.1) is 0 Å². The number of ketones is 1. The van der Waals surface area contributed by atoms with Gasteiger partial charge in [-0.3, -0.25) is 4.79 Å². The number of allylic oxidation sites excluding steroid dienone is 1. The number of hydrogen-bond donors (Lipinski definition) is 0. The fourth-order valence-corrected chi connectivity index (χ4v) is 6.28. The first-order chi connectivity index (χ1) is 7.86. The molecule has 0 unspecified atom stereocenters. The highest BCUT2D eigenvalue weighted by atomic mass is 79.9. The van der Waals surface area contributed by atoms with Crippen molar-refractivity contribution in [1.29, 1.82) is 0 Å². The van der Waals surface area contributed by atoms with Crippen LogP contribution in [0.1, 0.15) is 40.0 Å². The molecule has 0 heterocycles. The highest BCUT2D eigenvalue weighted by Crippen LogP contribution is 2.74. The molecular weight excluding hydrogens is 276 g/mol. The lowest BCUT2D eigenvalue weighted by atomic mass is 9.48. The van der Waals surface area contributed by atoms with E-state index in [1.165, 1.54) is 24.8 Å². The van der Waals surface area contributed by atoms with Crippen molar-refractivity contribution >= 4 is 21.7 Å². The molecule has 94 valence electrons. The Kier molecular flexibility index (Phi) is 2.29. The van der Waals surface area contributed by atoms with Crippen molar-refractivity contribution in [3.05, 3.63) is 12.2 Å². The van der Waals surface area contributed by atoms with Gasteiger partial charge in [0.25, 0.3) is 0 Å². The Balaban J connectivity index is 2.19. The van der Waals surface area contributed by atoms with Crippen molar-refractivity contribution in [2.45, 2.75) is 44.9 Å². The van der Waals surface area contributed by atoms with E-state index in [1.807, 2.05) is 0 Å². The van der Waals surface area contributed by atoms with Crippen LogP contribution in [-0.4, -0.2) is 10.6 Å². The molecule has 3 aliphatic carbocycles. The first-order valence-electron chi connectivity index (χ1n) is 6.73. The summed E-state index contributed by atoms with van der Waals surface area (Å²) >= 11 is 3.64. The molecule has 1 nitrogen and oxygen atoms in total. The quantitative estimate of drug-likeness (QED) is 0.488. The van der Waals surface area contributed by atoms with Crippen molar-refractivity contribution < 1.29 is 4.79 Å². The van der Waals surface area contributed by atoms with Crippen LogP contribution in [0.15, 0.2) is 12.2 Å². The van der Waals surface area contributed by atoms with Crippen molar-refractivity contribution in [3.8, 4) is 0 Å². The van der Waals surface area contributed by atoms with E-state index < -0.39 is 0 Å². The number of halogens is 1. The third-order valence-electron chi connectivity index (χ3n) is 6.52. The number of Topliss-reactive ketones (excluding diaryl/α,β-unsaturated/α-hetero) is 1. The summed E-state index contributed by atoms with van der Waals surface area (Å²) < 4.78 is 0. The second-order valence-corrected chi connectivity index (χ2v) is 7.65. The Bertz CT molecular complexity index is 415. The maximum Gasteiger partial charge on any atom is 0.150 e. The van der Waals surface area contributed by atoms with E-state index in [9.17, 15) is 4.79 Å². The van der Waals surface area contributed by atoms with Crippen molar-refractivity contribution in [2.75, 3.05) is 0 Å². The molecule has 2 bridgehead atoms. The smallest absolute Gasteiger partial charge is 0.150 e.